The number of aromatic hydroxyl groups is 2. The first kappa shape index (κ1) is 32.8. The number of hydrogen-bond donors (Lipinski definition) is 8. The van der Waals surface area contributed by atoms with Crippen molar-refractivity contribution < 1.29 is 44.4 Å². The minimum absolute atomic E-state index is 0.0142. The number of nitrogens with one attached hydrogen (secondary N) is 1. The maximum Gasteiger partial charge on any atom is 0.353 e. The molecular weight excluding hydrogens is 679 g/mol. The van der Waals surface area contributed by atoms with E-state index < -0.39 is 63.7 Å². The molecule has 0 radical (unpaired) electrons. The Morgan fingerprint density at radius 1 is 1.17 bits per heavy atom. The fraction of sp³-hybridized carbons (Fsp3) is 0.192. The van der Waals surface area contributed by atoms with Gasteiger partial charge in [0, 0.05) is 33.2 Å². The number of carboxylic acids is 2. The van der Waals surface area contributed by atoms with Crippen LogP contribution in [0.5, 0.6) is 11.5 Å². The van der Waals surface area contributed by atoms with Crippen LogP contribution in [-0.2, 0) is 24.0 Å². The van der Waals surface area contributed by atoms with Crippen molar-refractivity contribution in [2.75, 3.05) is 23.0 Å². The largest absolute Gasteiger partial charge is 0.504 e. The van der Waals surface area contributed by atoms with Crippen molar-refractivity contribution in [1.82, 2.24) is 25.2 Å². The van der Waals surface area contributed by atoms with Gasteiger partial charge in [0.05, 0.1) is 0 Å². The Hall–Kier alpha value is -5.54. The topological polar surface area (TPSA) is 303 Å². The van der Waals surface area contributed by atoms with Gasteiger partial charge in [-0.15, -0.1) is 23.1 Å². The van der Waals surface area contributed by atoms with Gasteiger partial charge < -0.3 is 47.8 Å². The molecule has 4 heterocycles. The molecule has 0 spiro atoms. The van der Waals surface area contributed by atoms with Crippen molar-refractivity contribution in [3.05, 3.63) is 51.9 Å². The number of nitrogens with zero attached hydrogens (tertiary/aromatic N) is 5. The smallest absolute Gasteiger partial charge is 0.353 e. The predicted octanol–water partition coefficient (Wildman–Crippen LogP) is 0.212. The van der Waals surface area contributed by atoms with Gasteiger partial charge in [-0.1, -0.05) is 23.4 Å². The zero-order chi connectivity index (χ0) is 34.4. The summed E-state index contributed by atoms with van der Waals surface area (Å²) in [7, 11) is 0. The molecule has 244 valence electrons. The van der Waals surface area contributed by atoms with Gasteiger partial charge in [-0.2, -0.15) is 0 Å². The van der Waals surface area contributed by atoms with Crippen LogP contribution in [0.15, 0.2) is 34.4 Å². The third-order valence-electron chi connectivity index (χ3n) is 7.06. The van der Waals surface area contributed by atoms with Gasteiger partial charge in [0.2, 0.25) is 6.10 Å². The summed E-state index contributed by atoms with van der Waals surface area (Å²) in [5.41, 5.74) is 14.7. The summed E-state index contributed by atoms with van der Waals surface area (Å²) in [6.07, 6.45) is -1.87. The number of nitrogens with two attached hydrogens (primary N) is 3. The fourth-order valence-corrected chi connectivity index (χ4v) is 6.95. The van der Waals surface area contributed by atoms with E-state index in [1.54, 1.807) is 6.92 Å². The van der Waals surface area contributed by atoms with Crippen LogP contribution >= 0.6 is 35.3 Å². The number of anilines is 3. The summed E-state index contributed by atoms with van der Waals surface area (Å²) in [6, 6.07) is 3.11. The lowest BCUT2D eigenvalue weighted by atomic mass is 9.87. The summed E-state index contributed by atoms with van der Waals surface area (Å²) in [5.74, 6) is -6.31. The Morgan fingerprint density at radius 3 is 2.40 bits per heavy atom. The van der Waals surface area contributed by atoms with Crippen molar-refractivity contribution in [3.8, 4) is 11.5 Å². The number of oxime groups is 1. The number of carboxylic acid groups (broad SMARTS) is 2. The van der Waals surface area contributed by atoms with Crippen LogP contribution in [0.25, 0.3) is 5.57 Å². The minimum atomic E-state index is -1.94. The highest BCUT2D eigenvalue weighted by atomic mass is 32.2. The van der Waals surface area contributed by atoms with Crippen LogP contribution in [0, 0.1) is 6.92 Å². The first-order chi connectivity index (χ1) is 22.2. The van der Waals surface area contributed by atoms with E-state index in [1.807, 2.05) is 0 Å². The molecule has 2 amide bonds. The first-order valence-corrected chi connectivity index (χ1v) is 15.4. The quantitative estimate of drug-likeness (QED) is 0.0460. The Labute approximate surface area is 276 Å². The van der Waals surface area contributed by atoms with Crippen molar-refractivity contribution in [2.24, 2.45) is 5.16 Å². The first-order valence-electron chi connectivity index (χ1n) is 13.0. The van der Waals surface area contributed by atoms with Gasteiger partial charge in [0.15, 0.2) is 33.7 Å². The third-order valence-corrected chi connectivity index (χ3v) is 9.46. The highest BCUT2D eigenvalue weighted by molar-refractivity contribution is 8.00. The number of aromatic nitrogens is 3. The second-order valence-electron chi connectivity index (χ2n) is 9.94. The summed E-state index contributed by atoms with van der Waals surface area (Å²) in [5, 5.41) is 46.7. The van der Waals surface area contributed by atoms with Crippen LogP contribution in [0.4, 0.5) is 16.8 Å². The van der Waals surface area contributed by atoms with Crippen molar-refractivity contribution >= 4 is 92.5 Å². The molecule has 3 aromatic rings. The number of thioether (sulfide) groups is 1. The highest BCUT2D eigenvalue weighted by Gasteiger charge is 2.65. The Balaban J connectivity index is 1.49. The molecule has 11 N–H and O–H groups in total. The number of carbonyl (C=O) groups is 4. The molecule has 18 nitrogen and oxygen atoms in total. The molecule has 2 aliphatic heterocycles. The molecule has 47 heavy (non-hydrogen) atoms. The SMILES string of the molecule is Cc1c(N)nc(C2=C(C(=O)O)N3C(=O)C(C=S)(NC(=O)C(=NO[C@H](C(=O)O)c4ccc(O)c(O)c4)c4csc(N)n4)[C@@H]3SC2)nc1N. The van der Waals surface area contributed by atoms with Crippen molar-refractivity contribution in [3.63, 3.8) is 0 Å². The van der Waals surface area contributed by atoms with Crippen molar-refractivity contribution in [1.29, 1.82) is 0 Å². The molecular formula is C26H23N9O9S3. The number of carbonyl (C=O) groups excluding carboxylic acids is 2. The summed E-state index contributed by atoms with van der Waals surface area (Å²) < 4.78 is 0. The molecule has 1 fully saturated rings. The molecule has 1 aromatic carbocycles. The lowest BCUT2D eigenvalue weighted by molar-refractivity contribution is -0.153. The van der Waals surface area contributed by atoms with E-state index in [2.05, 4.69) is 25.4 Å². The molecule has 3 atom stereocenters. The number of rotatable bonds is 10. The van der Waals surface area contributed by atoms with Crippen LogP contribution in [0.3, 0.4) is 0 Å². The van der Waals surface area contributed by atoms with E-state index >= 15 is 0 Å². The summed E-state index contributed by atoms with van der Waals surface area (Å²) in [6.45, 7) is 1.59. The standard InChI is InChI=1S/C26H23N9O9S3/c1-8-17(27)31-19(32-18(8)28)10-5-46-24-26(7-45,23(43)35(24)15(10)21(39)40)33-20(38)14(11-6-47-25(29)30-11)34-44-16(22(41)42)9-2-3-12(36)13(37)4-9/h2-4,6-7,16,24,36-37H,5H2,1H3,(H2,29,30)(H,33,38)(H,39,40)(H,41,42)(H4,27,28,31,32)/t16-,24-,26?/m0/s1. The van der Waals surface area contributed by atoms with Gasteiger partial charge in [-0.25, -0.2) is 24.5 Å². The number of hydrogen-bond acceptors (Lipinski definition) is 17. The zero-order valence-corrected chi connectivity index (χ0v) is 26.2. The number of amides is 2. The third kappa shape index (κ3) is 5.70. The van der Waals surface area contributed by atoms with E-state index in [-0.39, 0.29) is 45.2 Å². The molecule has 0 bridgehead atoms. The Bertz CT molecular complexity index is 1910. The molecule has 2 aliphatic rings. The molecule has 0 saturated carbocycles. The number of phenolic OH excluding ortho intramolecular Hbond substituents is 2. The number of fused-ring (bicyclic) bond motifs is 1. The highest BCUT2D eigenvalue weighted by Crippen LogP contribution is 2.47. The monoisotopic (exact) mass is 701 g/mol. The summed E-state index contributed by atoms with van der Waals surface area (Å²) >= 11 is 7.13. The maximum absolute atomic E-state index is 13.7. The second kappa shape index (κ2) is 12.3. The minimum Gasteiger partial charge on any atom is -0.504 e. The van der Waals surface area contributed by atoms with E-state index in [0.29, 0.717) is 5.56 Å². The molecule has 1 saturated heterocycles. The normalized spacial score (nSPS) is 19.8. The number of thiocarbonyl (C=S) groups is 1. The van der Waals surface area contributed by atoms with E-state index in [1.165, 1.54) is 5.38 Å². The molecule has 0 aliphatic carbocycles. The molecule has 2 aromatic heterocycles. The van der Waals surface area contributed by atoms with Gasteiger partial charge in [0.1, 0.15) is 28.4 Å². The number of benzene rings is 1. The van der Waals surface area contributed by atoms with E-state index in [0.717, 1.165) is 51.6 Å². The molecule has 1 unspecified atom stereocenters. The van der Waals surface area contributed by atoms with Crippen molar-refractivity contribution in [2.45, 2.75) is 23.9 Å². The number of nitrogen functional groups attached to an aromatic ring is 3. The molecule has 21 heteroatoms. The second-order valence-corrected chi connectivity index (χ2v) is 12.1. The van der Waals surface area contributed by atoms with Gasteiger partial charge in [-0.05, 0) is 19.1 Å². The average molecular weight is 702 g/mol. The predicted molar refractivity (Wildman–Crippen MR) is 172 cm³/mol. The number of thiazole rings is 1. The van der Waals surface area contributed by atoms with E-state index in [9.17, 15) is 39.6 Å². The molecule has 5 rings (SSSR count). The van der Waals surface area contributed by atoms with Gasteiger partial charge in [0.25, 0.3) is 11.8 Å². The van der Waals surface area contributed by atoms with Crippen LogP contribution in [0.1, 0.15) is 28.7 Å². The lowest BCUT2D eigenvalue weighted by Gasteiger charge is -2.55. The van der Waals surface area contributed by atoms with Crippen LogP contribution in [0.2, 0.25) is 0 Å². The van der Waals surface area contributed by atoms with Crippen LogP contribution < -0.4 is 22.5 Å². The average Bonchev–Trinajstić information content (AvgIpc) is 3.46. The number of phenols is 2. The Morgan fingerprint density at radius 2 is 1.85 bits per heavy atom. The lowest BCUT2D eigenvalue weighted by Crippen LogP contribution is -2.80. The Kier molecular flexibility index (Phi) is 8.62. The number of β-lactam (4-membered cyclic amide) rings is 1. The van der Waals surface area contributed by atoms with Crippen LogP contribution in [-0.4, -0.2) is 91.8 Å². The van der Waals surface area contributed by atoms with E-state index in [4.69, 9.17) is 34.3 Å². The fourth-order valence-electron chi connectivity index (χ4n) is 4.60. The van der Waals surface area contributed by atoms with Gasteiger partial charge >= 0.3 is 11.9 Å². The zero-order valence-electron chi connectivity index (χ0n) is 23.8. The maximum atomic E-state index is 13.7. The van der Waals surface area contributed by atoms with Gasteiger partial charge in [-0.3, -0.25) is 14.5 Å². The number of aliphatic carboxylic acids is 2. The summed E-state index contributed by atoms with van der Waals surface area (Å²) in [4.78, 5) is 70.3.